The molecule has 2 heterocycles. The minimum absolute atomic E-state index is 0.0149. The molecule has 11 aromatic carbocycles. The summed E-state index contributed by atoms with van der Waals surface area (Å²) in [5.41, 5.74) is 8.03. The van der Waals surface area contributed by atoms with Crippen molar-refractivity contribution in [1.29, 1.82) is 0 Å². The molecule has 6 amide bonds. The molecular weight excluding hydrogens is 1430 g/mol. The minimum Gasteiger partial charge on any atom is -0.457 e. The average Bonchev–Trinajstić information content (AvgIpc) is 0.670. The van der Waals surface area contributed by atoms with Gasteiger partial charge in [-0.05, 0) is 184 Å². The molecule has 568 valence electrons. The highest BCUT2D eigenvalue weighted by Crippen LogP contribution is 2.58. The van der Waals surface area contributed by atoms with E-state index in [-0.39, 0.29) is 140 Å². The first kappa shape index (κ1) is 77.4. The molecule has 2 aliphatic rings. The topological polar surface area (TPSA) is 244 Å². The van der Waals surface area contributed by atoms with E-state index in [4.69, 9.17) is 55.0 Å². The van der Waals surface area contributed by atoms with Crippen LogP contribution < -0.4 is 29.6 Å². The highest BCUT2D eigenvalue weighted by molar-refractivity contribution is 6.61. The lowest BCUT2D eigenvalue weighted by molar-refractivity contribution is -0.125. The van der Waals surface area contributed by atoms with Crippen LogP contribution in [0.1, 0.15) is 97.1 Å². The second kappa shape index (κ2) is 32.4. The van der Waals surface area contributed by atoms with E-state index >= 15 is 28.8 Å². The van der Waals surface area contributed by atoms with Crippen molar-refractivity contribution in [3.05, 3.63) is 236 Å². The molecule has 0 aromatic heterocycles. The monoisotopic (exact) mass is 1520 g/mol. The van der Waals surface area contributed by atoms with Gasteiger partial charge in [0.25, 0.3) is 23.6 Å². The summed E-state index contributed by atoms with van der Waals surface area (Å²) in [4.78, 5) is 99.1. The molecule has 22 nitrogen and oxygen atoms in total. The maximum atomic E-state index is 16.6. The van der Waals surface area contributed by atoms with Crippen LogP contribution in [0.3, 0.4) is 0 Å². The Balaban J connectivity index is 1.12. The van der Waals surface area contributed by atoms with Gasteiger partial charge in [-0.25, -0.2) is 0 Å². The summed E-state index contributed by atoms with van der Waals surface area (Å²) in [6.07, 6.45) is -0.267. The third-order valence-electron chi connectivity index (χ3n) is 19.9. The normalized spacial score (nSPS) is 13.6. The fourth-order valence-electron chi connectivity index (χ4n) is 15.2. The van der Waals surface area contributed by atoms with Gasteiger partial charge in [-0.3, -0.25) is 38.6 Å². The van der Waals surface area contributed by atoms with Gasteiger partial charge in [0, 0.05) is 112 Å². The summed E-state index contributed by atoms with van der Waals surface area (Å²) in [7, 11) is 2.41. The van der Waals surface area contributed by atoms with Crippen LogP contribution in [0.4, 0.5) is 0 Å². The molecule has 2 atom stereocenters. The molecule has 2 aliphatic heterocycles. The Morgan fingerprint density at radius 2 is 0.582 bits per heavy atom. The zero-order chi connectivity index (χ0) is 78.0. The maximum absolute atomic E-state index is 16.6. The molecule has 13 rings (SSSR count). The van der Waals surface area contributed by atoms with Crippen molar-refractivity contribution in [2.75, 3.05) is 81.4 Å². The molecular formula is C86H88N4O18Si2. The van der Waals surface area contributed by atoms with Gasteiger partial charge in [0.1, 0.15) is 70.5 Å². The molecule has 0 aliphatic carbocycles. The second-order valence-electron chi connectivity index (χ2n) is 28.0. The number of nitrogens with zero attached hydrogens (tertiary/aromatic N) is 2. The highest BCUT2D eigenvalue weighted by Gasteiger charge is 2.47. The van der Waals surface area contributed by atoms with Gasteiger partial charge in [-0.2, -0.15) is 0 Å². The Labute approximate surface area is 640 Å². The first-order valence-corrected chi connectivity index (χ1v) is 40.0. The number of ether oxygens (including phenoxy) is 6. The molecule has 2 N–H and O–H groups in total. The number of nitrogens with one attached hydrogen (secondary N) is 2. The van der Waals surface area contributed by atoms with E-state index in [2.05, 4.69) is 10.6 Å². The smallest absolute Gasteiger partial charge is 0.457 e. The third-order valence-corrected chi connectivity index (χ3v) is 24.8. The van der Waals surface area contributed by atoms with Crippen molar-refractivity contribution in [3.8, 4) is 46.0 Å². The highest BCUT2D eigenvalue weighted by atomic mass is 28.4. The number of hydrogen-bond acceptors (Lipinski definition) is 18. The van der Waals surface area contributed by atoms with Gasteiger partial charge >= 0.3 is 17.6 Å². The van der Waals surface area contributed by atoms with Crippen molar-refractivity contribution in [2.24, 2.45) is 0 Å². The van der Waals surface area contributed by atoms with Gasteiger partial charge in [0.2, 0.25) is 11.8 Å². The Hall–Kier alpha value is -10.7. The van der Waals surface area contributed by atoms with Crippen molar-refractivity contribution >= 4 is 96.1 Å². The van der Waals surface area contributed by atoms with Crippen molar-refractivity contribution < 1.29 is 83.7 Å². The van der Waals surface area contributed by atoms with Crippen LogP contribution in [0.15, 0.2) is 158 Å². The molecule has 0 spiro atoms. The third kappa shape index (κ3) is 15.5. The number of fused-ring (bicyclic) bond motifs is 2. The van der Waals surface area contributed by atoms with Crippen LogP contribution in [-0.2, 0) is 58.5 Å². The van der Waals surface area contributed by atoms with Gasteiger partial charge < -0.3 is 65.6 Å². The van der Waals surface area contributed by atoms with Crippen molar-refractivity contribution in [2.45, 2.75) is 80.3 Å². The predicted molar refractivity (Wildman–Crippen MR) is 422 cm³/mol. The summed E-state index contributed by atoms with van der Waals surface area (Å²) >= 11 is 0. The van der Waals surface area contributed by atoms with Crippen LogP contribution in [0.2, 0.25) is 0 Å². The fraction of sp³-hybridized carbons (Fsp3) is 0.279. The summed E-state index contributed by atoms with van der Waals surface area (Å²) < 4.78 is 74.8. The van der Waals surface area contributed by atoms with Crippen LogP contribution in [0.25, 0.3) is 43.1 Å². The first-order chi connectivity index (χ1) is 52.9. The summed E-state index contributed by atoms with van der Waals surface area (Å²) in [5, 5.41) is 7.90. The lowest BCUT2D eigenvalue weighted by Gasteiger charge is -2.36. The van der Waals surface area contributed by atoms with E-state index in [9.17, 15) is 0 Å². The largest absolute Gasteiger partial charge is 0.527 e. The standard InChI is InChI=1S/C86H88N4O18Si2/c1-49-29-50(2)34-59(33-49)105-69-43-63-73-64(84(94)89(83(63)93)67(41-57-21-17-15-18-22-57)81(91)87-25-27-103-47-109(97-9,98-10)99-11)45-71(107-61-37-53(5)31-54(6)38-61)77-78-72(108-62-39-55(7)32-56(8)40-62)46-66-74-65(44-70(76(80(74)78)75(69)79(73)77)106-60-35-51(3)30-52(4)36-60)85(95)90(86(66)96)68(42-58-23-19-16-20-24-58)82(92)88-26-28-104-48-110(100-12,101-13)102-14/h15-24,29-40,43-46,67-68H,25-28,41-42,47-48H2,1-14H3,(H,87,91)(H,88,92). The Morgan fingerprint density at radius 1 is 0.336 bits per heavy atom. The van der Waals surface area contributed by atoms with E-state index in [1.54, 1.807) is 24.3 Å². The van der Waals surface area contributed by atoms with Crippen LogP contribution in [-0.4, -0.2) is 156 Å². The van der Waals surface area contributed by atoms with Crippen LogP contribution in [0, 0.1) is 55.4 Å². The predicted octanol–water partition coefficient (Wildman–Crippen LogP) is 14.9. The van der Waals surface area contributed by atoms with Gasteiger partial charge in [0.05, 0.1) is 35.5 Å². The quantitative estimate of drug-likeness (QED) is 0.0131. The Morgan fingerprint density at radius 3 is 0.818 bits per heavy atom. The zero-order valence-corrected chi connectivity index (χ0v) is 66.1. The van der Waals surface area contributed by atoms with Gasteiger partial charge in [0.15, 0.2) is 0 Å². The van der Waals surface area contributed by atoms with E-state index in [1.807, 2.05) is 189 Å². The number of imide groups is 2. The van der Waals surface area contributed by atoms with Crippen molar-refractivity contribution in [1.82, 2.24) is 20.4 Å². The van der Waals surface area contributed by atoms with Crippen LogP contribution in [0.5, 0.6) is 46.0 Å². The molecule has 0 fully saturated rings. The van der Waals surface area contributed by atoms with Gasteiger partial charge in [-0.15, -0.1) is 0 Å². The number of carbonyl (C=O) groups is 6. The molecule has 11 aromatic rings. The number of benzene rings is 11. The second-order valence-corrected chi connectivity index (χ2v) is 33.8. The summed E-state index contributed by atoms with van der Waals surface area (Å²) in [5.74, 6) is -2.84. The summed E-state index contributed by atoms with van der Waals surface area (Å²) in [6.45, 7) is 15.4. The maximum Gasteiger partial charge on any atom is 0.527 e. The molecule has 0 bridgehead atoms. The summed E-state index contributed by atoms with van der Waals surface area (Å²) in [6, 6.07) is 44.5. The molecule has 24 heteroatoms. The van der Waals surface area contributed by atoms with E-state index in [0.717, 1.165) is 54.3 Å². The Kier molecular flexibility index (Phi) is 22.8. The number of carbonyl (C=O) groups excluding carboxylic acids is 6. The SMILES string of the molecule is CO[Si](COCCNC(=O)C(Cc1ccccc1)N1C(=O)c2cc(Oc3cc(C)cc(C)c3)c3c4c(Oc5cc(C)cc(C)c5)cc5c6c(cc(Oc7cc(C)cc(C)c7)c(c7c(Oc8cc(C)cc(C)c8)cc(c2c37)C1=O)c64)C(=O)N(C(Cc1ccccc1)C(=O)NCCOC[Si](OC)(OC)OC)C5=O)(OC)OC. The number of amides is 6. The average molecular weight is 1520 g/mol. The van der Waals surface area contributed by atoms with Gasteiger partial charge in [-0.1, -0.05) is 84.9 Å². The molecule has 0 saturated heterocycles. The number of rotatable bonds is 32. The van der Waals surface area contributed by atoms with Crippen LogP contribution >= 0.6 is 0 Å². The fourth-order valence-corrected chi connectivity index (χ4v) is 17.7. The number of hydrogen-bond donors (Lipinski definition) is 2. The number of aryl methyl sites for hydroxylation is 8. The Bertz CT molecular complexity index is 4750. The molecule has 0 radical (unpaired) electrons. The van der Waals surface area contributed by atoms with E-state index < -0.39 is 65.1 Å². The first-order valence-electron chi connectivity index (χ1n) is 36.2. The minimum atomic E-state index is -3.19. The molecule has 0 saturated carbocycles. The molecule has 110 heavy (non-hydrogen) atoms. The van der Waals surface area contributed by atoms with E-state index in [0.29, 0.717) is 34.1 Å². The molecule has 2 unspecified atom stereocenters. The van der Waals surface area contributed by atoms with Crippen molar-refractivity contribution in [3.63, 3.8) is 0 Å². The van der Waals surface area contributed by atoms with E-state index in [1.165, 1.54) is 42.7 Å². The zero-order valence-electron chi connectivity index (χ0n) is 64.1. The lowest BCUT2D eigenvalue weighted by Crippen LogP contribution is -2.55. The lowest BCUT2D eigenvalue weighted by atomic mass is 9.80.